The van der Waals surface area contributed by atoms with Crippen molar-refractivity contribution < 1.29 is 14.3 Å². The summed E-state index contributed by atoms with van der Waals surface area (Å²) < 4.78 is 10.6. The number of hydrogen-bond donors (Lipinski definition) is 0. The lowest BCUT2D eigenvalue weighted by atomic mass is 9.99. The molecule has 3 heteroatoms. The predicted molar refractivity (Wildman–Crippen MR) is 86.9 cm³/mol. The Morgan fingerprint density at radius 3 is 2.00 bits per heavy atom. The topological polar surface area (TPSA) is 35.5 Å². The molecule has 0 N–H and O–H groups in total. The Morgan fingerprint density at radius 1 is 0.727 bits per heavy atom. The summed E-state index contributed by atoms with van der Waals surface area (Å²) in [5, 5.41) is 1.95. The molecule has 0 spiro atoms. The van der Waals surface area contributed by atoms with Crippen LogP contribution in [-0.2, 0) is 0 Å². The molecule has 0 unspecified atom stereocenters. The molecule has 0 aliphatic carbocycles. The predicted octanol–water partition coefficient (Wildman–Crippen LogP) is 4.09. The standard InChI is InChI=1S/C19H16O3/c1-21-17-11-14-8-9-15(10-16(14)12-18(17)22-2)19(20)13-6-4-3-5-7-13/h3-12H,1-2H3. The number of hydrogen-bond acceptors (Lipinski definition) is 3. The van der Waals surface area contributed by atoms with Gasteiger partial charge in [-0.2, -0.15) is 0 Å². The van der Waals surface area contributed by atoms with Gasteiger partial charge in [0, 0.05) is 11.1 Å². The number of methoxy groups -OCH3 is 2. The fourth-order valence-electron chi connectivity index (χ4n) is 2.47. The maximum atomic E-state index is 12.5. The zero-order valence-corrected chi connectivity index (χ0v) is 12.5. The second kappa shape index (κ2) is 5.90. The first-order valence-electron chi connectivity index (χ1n) is 6.98. The second-order valence-corrected chi connectivity index (χ2v) is 4.96. The van der Waals surface area contributed by atoms with Gasteiger partial charge in [-0.3, -0.25) is 4.79 Å². The number of rotatable bonds is 4. The van der Waals surface area contributed by atoms with E-state index in [-0.39, 0.29) is 5.78 Å². The van der Waals surface area contributed by atoms with Crippen molar-refractivity contribution in [1.29, 1.82) is 0 Å². The van der Waals surface area contributed by atoms with Crippen LogP contribution >= 0.6 is 0 Å². The third-order valence-electron chi connectivity index (χ3n) is 3.64. The highest BCUT2D eigenvalue weighted by Crippen LogP contribution is 2.32. The molecule has 22 heavy (non-hydrogen) atoms. The van der Waals surface area contributed by atoms with Crippen LogP contribution in [0, 0.1) is 0 Å². The molecule has 3 rings (SSSR count). The highest BCUT2D eigenvalue weighted by atomic mass is 16.5. The van der Waals surface area contributed by atoms with Crippen molar-refractivity contribution in [2.24, 2.45) is 0 Å². The minimum atomic E-state index is 0.0114. The zero-order valence-electron chi connectivity index (χ0n) is 12.5. The first-order valence-corrected chi connectivity index (χ1v) is 6.98. The molecule has 0 atom stereocenters. The lowest BCUT2D eigenvalue weighted by molar-refractivity contribution is 0.103. The summed E-state index contributed by atoms with van der Waals surface area (Å²) in [6.45, 7) is 0. The van der Waals surface area contributed by atoms with E-state index < -0.39 is 0 Å². The molecule has 0 fully saturated rings. The molecule has 0 heterocycles. The molecule has 3 nitrogen and oxygen atoms in total. The van der Waals surface area contributed by atoms with Crippen molar-refractivity contribution in [3.8, 4) is 11.5 Å². The summed E-state index contributed by atoms with van der Waals surface area (Å²) in [6.07, 6.45) is 0. The molecular weight excluding hydrogens is 276 g/mol. The number of carbonyl (C=O) groups is 1. The number of ketones is 1. The maximum absolute atomic E-state index is 12.5. The van der Waals surface area contributed by atoms with Crippen molar-refractivity contribution in [3.05, 3.63) is 71.8 Å². The summed E-state index contributed by atoms with van der Waals surface area (Å²) in [4.78, 5) is 12.5. The van der Waals surface area contributed by atoms with Gasteiger partial charge in [-0.15, -0.1) is 0 Å². The molecule has 0 bridgehead atoms. The number of fused-ring (bicyclic) bond motifs is 1. The van der Waals surface area contributed by atoms with Crippen LogP contribution < -0.4 is 9.47 Å². The van der Waals surface area contributed by atoms with Crippen LogP contribution in [0.1, 0.15) is 15.9 Å². The van der Waals surface area contributed by atoms with Gasteiger partial charge < -0.3 is 9.47 Å². The van der Waals surface area contributed by atoms with E-state index in [1.165, 1.54) is 0 Å². The lowest BCUT2D eigenvalue weighted by Crippen LogP contribution is -2.00. The van der Waals surface area contributed by atoms with Gasteiger partial charge in [-0.05, 0) is 29.0 Å². The van der Waals surface area contributed by atoms with Gasteiger partial charge in [0.1, 0.15) is 0 Å². The summed E-state index contributed by atoms with van der Waals surface area (Å²) in [7, 11) is 3.21. The third-order valence-corrected chi connectivity index (χ3v) is 3.64. The Balaban J connectivity index is 2.08. The molecule has 0 radical (unpaired) electrons. The molecule has 0 aliphatic rings. The largest absolute Gasteiger partial charge is 0.493 e. The number of benzene rings is 3. The van der Waals surface area contributed by atoms with E-state index in [0.29, 0.717) is 22.6 Å². The smallest absolute Gasteiger partial charge is 0.193 e. The van der Waals surface area contributed by atoms with Crippen molar-refractivity contribution in [1.82, 2.24) is 0 Å². The van der Waals surface area contributed by atoms with E-state index in [4.69, 9.17) is 9.47 Å². The quantitative estimate of drug-likeness (QED) is 0.679. The van der Waals surface area contributed by atoms with Crippen molar-refractivity contribution in [2.45, 2.75) is 0 Å². The van der Waals surface area contributed by atoms with Crippen molar-refractivity contribution in [3.63, 3.8) is 0 Å². The minimum Gasteiger partial charge on any atom is -0.493 e. The van der Waals surface area contributed by atoms with Crippen LogP contribution in [0.4, 0.5) is 0 Å². The van der Waals surface area contributed by atoms with Crippen LogP contribution in [0.2, 0.25) is 0 Å². The highest BCUT2D eigenvalue weighted by Gasteiger charge is 2.11. The van der Waals surface area contributed by atoms with E-state index in [9.17, 15) is 4.79 Å². The second-order valence-electron chi connectivity index (χ2n) is 4.96. The minimum absolute atomic E-state index is 0.0114. The Hall–Kier alpha value is -2.81. The molecule has 3 aromatic carbocycles. The van der Waals surface area contributed by atoms with Gasteiger partial charge in [-0.1, -0.05) is 42.5 Å². The van der Waals surface area contributed by atoms with Gasteiger partial charge in [0.25, 0.3) is 0 Å². The average molecular weight is 292 g/mol. The van der Waals surface area contributed by atoms with Crippen molar-refractivity contribution in [2.75, 3.05) is 14.2 Å². The molecule has 0 amide bonds. The Morgan fingerprint density at radius 2 is 1.36 bits per heavy atom. The zero-order chi connectivity index (χ0) is 15.5. The molecule has 0 aliphatic heterocycles. The SMILES string of the molecule is COc1cc2ccc(C(=O)c3ccccc3)cc2cc1OC. The molecule has 110 valence electrons. The normalized spacial score (nSPS) is 10.5. The molecule has 0 aromatic heterocycles. The summed E-state index contributed by atoms with van der Waals surface area (Å²) >= 11 is 0. The monoisotopic (exact) mass is 292 g/mol. The van der Waals surface area contributed by atoms with Crippen LogP contribution in [-0.4, -0.2) is 20.0 Å². The molecule has 0 saturated heterocycles. The first-order chi connectivity index (χ1) is 10.7. The van der Waals surface area contributed by atoms with Crippen LogP contribution in [0.15, 0.2) is 60.7 Å². The van der Waals surface area contributed by atoms with Gasteiger partial charge in [0.05, 0.1) is 14.2 Å². The van der Waals surface area contributed by atoms with Gasteiger partial charge in [0.2, 0.25) is 0 Å². The van der Waals surface area contributed by atoms with E-state index >= 15 is 0 Å². The molecular formula is C19H16O3. The maximum Gasteiger partial charge on any atom is 0.193 e. The van der Waals surface area contributed by atoms with Crippen molar-refractivity contribution >= 4 is 16.6 Å². The molecule has 3 aromatic rings. The van der Waals surface area contributed by atoms with Crippen LogP contribution in [0.25, 0.3) is 10.8 Å². The number of ether oxygens (including phenoxy) is 2. The molecule has 0 saturated carbocycles. The van der Waals surface area contributed by atoms with Gasteiger partial charge >= 0.3 is 0 Å². The Labute approximate surface area is 129 Å². The van der Waals surface area contributed by atoms with E-state index in [0.717, 1.165) is 10.8 Å². The fraction of sp³-hybridized carbons (Fsp3) is 0.105. The van der Waals surface area contributed by atoms with E-state index in [1.54, 1.807) is 14.2 Å². The highest BCUT2D eigenvalue weighted by molar-refractivity contribution is 6.10. The third kappa shape index (κ3) is 2.53. The number of carbonyl (C=O) groups excluding carboxylic acids is 1. The average Bonchev–Trinajstić information content (AvgIpc) is 2.60. The van der Waals surface area contributed by atoms with Gasteiger partial charge in [0.15, 0.2) is 17.3 Å². The Kier molecular flexibility index (Phi) is 3.79. The Bertz CT molecular complexity index is 823. The fourth-order valence-corrected chi connectivity index (χ4v) is 2.47. The van der Waals surface area contributed by atoms with E-state index in [1.807, 2.05) is 60.7 Å². The first kappa shape index (κ1) is 14.1. The lowest BCUT2D eigenvalue weighted by Gasteiger charge is -2.10. The summed E-state index contributed by atoms with van der Waals surface area (Å²) in [5.74, 6) is 1.34. The van der Waals surface area contributed by atoms with E-state index in [2.05, 4.69) is 0 Å². The summed E-state index contributed by atoms with van der Waals surface area (Å²) in [6, 6.07) is 18.7. The summed E-state index contributed by atoms with van der Waals surface area (Å²) in [5.41, 5.74) is 1.34. The van der Waals surface area contributed by atoms with Crippen LogP contribution in [0.5, 0.6) is 11.5 Å². The van der Waals surface area contributed by atoms with Crippen LogP contribution in [0.3, 0.4) is 0 Å². The van der Waals surface area contributed by atoms with Gasteiger partial charge in [-0.25, -0.2) is 0 Å².